The molecule has 0 unspecified atom stereocenters. The molecule has 8 nitrogen and oxygen atoms in total. The Morgan fingerprint density at radius 2 is 1.62 bits per heavy atom. The molecule has 5 rings (SSSR count). The number of aromatic nitrogens is 2. The van der Waals surface area contributed by atoms with Crippen molar-refractivity contribution in [1.82, 2.24) is 9.55 Å². The van der Waals surface area contributed by atoms with E-state index < -0.39 is 43.5 Å². The van der Waals surface area contributed by atoms with Crippen molar-refractivity contribution in [2.45, 2.75) is 69.7 Å². The number of fused-ring (bicyclic) bond motifs is 2. The van der Waals surface area contributed by atoms with Crippen LogP contribution in [-0.4, -0.2) is 48.3 Å². The largest absolute Gasteiger partial charge is 0.404 e. The maximum absolute atomic E-state index is 12.7. The molecule has 0 radical (unpaired) electrons. The molecule has 0 saturated carbocycles. The summed E-state index contributed by atoms with van der Waals surface area (Å²) in [7, 11) is -2.86. The molecule has 0 amide bonds. The van der Waals surface area contributed by atoms with Crippen LogP contribution in [0.15, 0.2) is 76.4 Å². The first kappa shape index (κ1) is 25.8. The third kappa shape index (κ3) is 3.97. The second-order valence-corrected chi connectivity index (χ2v) is 15.5. The molecule has 2 saturated heterocycles. The Balaban J connectivity index is 1.57. The number of hydrogen-bond acceptors (Lipinski definition) is 6. The number of rotatable bonds is 6. The van der Waals surface area contributed by atoms with Crippen molar-refractivity contribution < 1.29 is 13.9 Å². The zero-order valence-electron chi connectivity index (χ0n) is 21.9. The summed E-state index contributed by atoms with van der Waals surface area (Å²) in [5.74, 6) is 0. The Kier molecular flexibility index (Phi) is 6.40. The first-order valence-corrected chi connectivity index (χ1v) is 14.6. The summed E-state index contributed by atoms with van der Waals surface area (Å²) in [6.07, 6.45) is -0.163. The molecule has 1 aromatic heterocycles. The van der Waals surface area contributed by atoms with Crippen LogP contribution in [0.3, 0.4) is 0 Å². The molecule has 0 spiro atoms. The van der Waals surface area contributed by atoms with Gasteiger partial charge in [-0.15, -0.1) is 0 Å². The van der Waals surface area contributed by atoms with Crippen LogP contribution in [0.1, 0.15) is 39.5 Å². The highest BCUT2D eigenvalue weighted by Gasteiger charge is 2.66. The smallest absolute Gasteiger partial charge is 0.330 e. The van der Waals surface area contributed by atoms with E-state index in [9.17, 15) is 9.59 Å². The van der Waals surface area contributed by atoms with Gasteiger partial charge in [-0.25, -0.2) is 4.79 Å². The summed E-state index contributed by atoms with van der Waals surface area (Å²) in [6.45, 7) is 10.4. The van der Waals surface area contributed by atoms with Gasteiger partial charge >= 0.3 is 5.69 Å². The van der Waals surface area contributed by atoms with Gasteiger partial charge in [0.1, 0.15) is 11.7 Å². The van der Waals surface area contributed by atoms with E-state index in [1.165, 1.54) is 10.8 Å². The van der Waals surface area contributed by atoms with E-state index in [1.807, 2.05) is 43.3 Å². The predicted octanol–water partition coefficient (Wildman–Crippen LogP) is 1.80. The highest BCUT2D eigenvalue weighted by molar-refractivity contribution is 6.99. The molecular formula is C28H35N3O5Si. The Hall–Kier alpha value is -2.82. The Morgan fingerprint density at radius 1 is 1.05 bits per heavy atom. The average Bonchev–Trinajstić information content (AvgIpc) is 3.27. The number of aromatic amines is 1. The van der Waals surface area contributed by atoms with Crippen molar-refractivity contribution in [3.63, 3.8) is 0 Å². The fourth-order valence-corrected chi connectivity index (χ4v) is 10.5. The second kappa shape index (κ2) is 9.18. The van der Waals surface area contributed by atoms with Gasteiger partial charge in [0.2, 0.25) is 0 Å². The zero-order valence-corrected chi connectivity index (χ0v) is 22.9. The third-order valence-electron chi connectivity index (χ3n) is 7.94. The van der Waals surface area contributed by atoms with Crippen molar-refractivity contribution in [2.75, 3.05) is 6.61 Å². The van der Waals surface area contributed by atoms with Crippen molar-refractivity contribution in [3.8, 4) is 0 Å². The zero-order chi connectivity index (χ0) is 26.6. The van der Waals surface area contributed by atoms with Gasteiger partial charge in [0, 0.05) is 11.8 Å². The van der Waals surface area contributed by atoms with Crippen LogP contribution in [0.2, 0.25) is 5.04 Å². The molecule has 0 aliphatic carbocycles. The standard InChI is InChI=1S/C28H35N3O5Si/c1-18-16-31(26(33)30-24(18)32)25-22-23(29)28(36-25,19(2)35-22)17-34-37(27(3,4)5,20-12-8-6-9-13-20)21-14-10-7-11-15-21/h6-16,19,22-23,25H,17,29H2,1-5H3,(H,30,32,33)/t19-,22+,23-,25+,28-/m0/s1. The molecule has 196 valence electrons. The van der Waals surface area contributed by atoms with Gasteiger partial charge in [-0.2, -0.15) is 0 Å². The highest BCUT2D eigenvalue weighted by Crippen LogP contribution is 2.48. The fourth-order valence-electron chi connectivity index (χ4n) is 5.92. The summed E-state index contributed by atoms with van der Waals surface area (Å²) in [5.41, 5.74) is 5.23. The minimum atomic E-state index is -2.86. The summed E-state index contributed by atoms with van der Waals surface area (Å²) in [5, 5.41) is 2.09. The minimum Gasteiger partial charge on any atom is -0.404 e. The van der Waals surface area contributed by atoms with Crippen molar-refractivity contribution in [2.24, 2.45) is 5.73 Å². The predicted molar refractivity (Wildman–Crippen MR) is 145 cm³/mol. The van der Waals surface area contributed by atoms with Crippen molar-refractivity contribution in [3.05, 3.63) is 93.3 Å². The van der Waals surface area contributed by atoms with Gasteiger partial charge in [0.05, 0.1) is 18.8 Å². The normalized spacial score (nSPS) is 27.5. The summed E-state index contributed by atoms with van der Waals surface area (Å²) < 4.78 is 21.4. The first-order valence-electron chi connectivity index (χ1n) is 12.7. The highest BCUT2D eigenvalue weighted by atomic mass is 28.4. The minimum absolute atomic E-state index is 0.201. The average molecular weight is 522 g/mol. The second-order valence-electron chi connectivity index (χ2n) is 11.2. The van der Waals surface area contributed by atoms with E-state index in [2.05, 4.69) is 50.0 Å². The van der Waals surface area contributed by atoms with E-state index in [0.717, 1.165) is 10.4 Å². The number of nitrogens with one attached hydrogen (secondary N) is 1. The number of nitrogens with zero attached hydrogens (tertiary/aromatic N) is 1. The van der Waals surface area contributed by atoms with E-state index in [0.29, 0.717) is 5.56 Å². The lowest BCUT2D eigenvalue weighted by molar-refractivity contribution is -0.214. The van der Waals surface area contributed by atoms with E-state index >= 15 is 0 Å². The molecule has 2 aliphatic rings. The molecule has 5 atom stereocenters. The van der Waals surface area contributed by atoms with Crippen LogP contribution in [0.5, 0.6) is 0 Å². The summed E-state index contributed by atoms with van der Waals surface area (Å²) in [6, 6.07) is 20.2. The number of hydrogen-bond donors (Lipinski definition) is 2. The van der Waals surface area contributed by atoms with Crippen LogP contribution in [0.25, 0.3) is 0 Å². The van der Waals surface area contributed by atoms with Crippen LogP contribution >= 0.6 is 0 Å². The number of ether oxygens (including phenoxy) is 2. The van der Waals surface area contributed by atoms with Crippen molar-refractivity contribution >= 4 is 18.7 Å². The van der Waals surface area contributed by atoms with Gasteiger partial charge in [-0.05, 0) is 29.3 Å². The van der Waals surface area contributed by atoms with Gasteiger partial charge in [0.25, 0.3) is 13.9 Å². The molecule has 2 aliphatic heterocycles. The fraction of sp³-hybridized carbons (Fsp3) is 0.429. The molecular weight excluding hydrogens is 486 g/mol. The lowest BCUT2D eigenvalue weighted by Gasteiger charge is -2.46. The van der Waals surface area contributed by atoms with Gasteiger partial charge in [-0.3, -0.25) is 14.3 Å². The number of H-pyrrole nitrogens is 1. The van der Waals surface area contributed by atoms with Gasteiger partial charge in [-0.1, -0.05) is 81.4 Å². The summed E-state index contributed by atoms with van der Waals surface area (Å²) >= 11 is 0. The quantitative estimate of drug-likeness (QED) is 0.479. The molecule has 2 aromatic carbocycles. The Bertz CT molecular complexity index is 1350. The summed E-state index contributed by atoms with van der Waals surface area (Å²) in [4.78, 5) is 27.0. The maximum Gasteiger partial charge on any atom is 0.330 e. The van der Waals surface area contributed by atoms with E-state index in [-0.39, 0.29) is 17.7 Å². The molecule has 2 fully saturated rings. The van der Waals surface area contributed by atoms with Gasteiger partial charge < -0.3 is 19.6 Å². The lowest BCUT2D eigenvalue weighted by Crippen LogP contribution is -2.68. The van der Waals surface area contributed by atoms with Crippen LogP contribution in [0, 0.1) is 6.92 Å². The molecule has 3 heterocycles. The monoisotopic (exact) mass is 521 g/mol. The first-order chi connectivity index (χ1) is 17.5. The lowest BCUT2D eigenvalue weighted by atomic mass is 9.93. The Morgan fingerprint density at radius 3 is 2.16 bits per heavy atom. The molecule has 2 bridgehead atoms. The van der Waals surface area contributed by atoms with Crippen molar-refractivity contribution in [1.29, 1.82) is 0 Å². The van der Waals surface area contributed by atoms with E-state index in [4.69, 9.17) is 19.6 Å². The van der Waals surface area contributed by atoms with Crippen LogP contribution in [0.4, 0.5) is 0 Å². The van der Waals surface area contributed by atoms with E-state index in [1.54, 1.807) is 6.92 Å². The van der Waals surface area contributed by atoms with Crippen LogP contribution in [-0.2, 0) is 13.9 Å². The van der Waals surface area contributed by atoms with Gasteiger partial charge in [0.15, 0.2) is 6.23 Å². The molecule has 9 heteroatoms. The number of nitrogens with two attached hydrogens (primary N) is 1. The maximum atomic E-state index is 12.7. The topological polar surface area (TPSA) is 109 Å². The third-order valence-corrected chi connectivity index (χ3v) is 12.9. The van der Waals surface area contributed by atoms with Crippen LogP contribution < -0.4 is 27.4 Å². The Labute approximate surface area is 217 Å². The number of aryl methyl sites for hydroxylation is 1. The molecule has 37 heavy (non-hydrogen) atoms. The number of benzene rings is 2. The molecule has 3 N–H and O–H groups in total. The SMILES string of the molecule is Cc1cn([C@@H]2O[C@@]3(CO[Si](c4ccccc4)(c4ccccc4)C(C)(C)C)[C@H](C)O[C@@H]2[C@@H]3N)c(=O)[nH]c1=O. The molecule has 3 aromatic rings.